The fourth-order valence-corrected chi connectivity index (χ4v) is 4.36. The van der Waals surface area contributed by atoms with E-state index in [2.05, 4.69) is 28.4 Å². The number of ether oxygens (including phenoxy) is 2. The summed E-state index contributed by atoms with van der Waals surface area (Å²) in [6, 6.07) is 19.4. The highest BCUT2D eigenvalue weighted by Crippen LogP contribution is 2.30. The van der Waals surface area contributed by atoms with Crippen molar-refractivity contribution >= 4 is 11.5 Å². The molecule has 0 unspecified atom stereocenters. The first-order valence-corrected chi connectivity index (χ1v) is 12.0. The van der Waals surface area contributed by atoms with Gasteiger partial charge in [-0.05, 0) is 73.4 Å². The summed E-state index contributed by atoms with van der Waals surface area (Å²) in [4.78, 5) is 16.9. The standard InChI is InChI=1S/C27H28N2O4S/c1-17(30)13-14-32-27-12-11-24(19(3)28-27)23-6-4-5-21(18(23)2)16-33-22-9-7-20(8-10-22)25-15-26(31)29-34-25/h4-12,15,17,30H,13-14,16H2,1-3H3,(H,29,31)/t17-/m1/s1. The zero-order valence-corrected chi connectivity index (χ0v) is 20.3. The van der Waals surface area contributed by atoms with Crippen LogP contribution in [-0.2, 0) is 6.61 Å². The lowest BCUT2D eigenvalue weighted by atomic mass is 9.96. The Kier molecular flexibility index (Phi) is 7.45. The molecule has 2 N–H and O–H groups in total. The Balaban J connectivity index is 1.45. The Hall–Kier alpha value is -3.42. The van der Waals surface area contributed by atoms with Gasteiger partial charge in [-0.15, -0.1) is 0 Å². The number of rotatable bonds is 9. The minimum absolute atomic E-state index is 0.0837. The molecule has 176 valence electrons. The van der Waals surface area contributed by atoms with Crippen LogP contribution in [0.4, 0.5) is 0 Å². The number of benzene rings is 2. The van der Waals surface area contributed by atoms with Crippen LogP contribution in [0.25, 0.3) is 21.6 Å². The third-order valence-corrected chi connectivity index (χ3v) is 6.52. The highest BCUT2D eigenvalue weighted by molar-refractivity contribution is 7.09. The minimum Gasteiger partial charge on any atom is -0.489 e. The van der Waals surface area contributed by atoms with Crippen molar-refractivity contribution in [3.05, 3.63) is 87.8 Å². The molecule has 0 aliphatic rings. The molecule has 0 radical (unpaired) electrons. The quantitative estimate of drug-likeness (QED) is 0.333. The van der Waals surface area contributed by atoms with Gasteiger partial charge >= 0.3 is 0 Å². The second kappa shape index (κ2) is 10.7. The Morgan fingerprint density at radius 3 is 2.50 bits per heavy atom. The van der Waals surface area contributed by atoms with Crippen LogP contribution in [0.1, 0.15) is 30.2 Å². The summed E-state index contributed by atoms with van der Waals surface area (Å²) in [5, 5.41) is 9.39. The Morgan fingerprint density at radius 1 is 1.03 bits per heavy atom. The largest absolute Gasteiger partial charge is 0.489 e. The summed E-state index contributed by atoms with van der Waals surface area (Å²) in [5.41, 5.74) is 6.19. The van der Waals surface area contributed by atoms with Gasteiger partial charge in [-0.2, -0.15) is 0 Å². The van der Waals surface area contributed by atoms with Gasteiger partial charge in [0.2, 0.25) is 5.88 Å². The van der Waals surface area contributed by atoms with Crippen molar-refractivity contribution in [3.63, 3.8) is 0 Å². The fourth-order valence-electron chi connectivity index (χ4n) is 3.67. The van der Waals surface area contributed by atoms with Gasteiger partial charge in [0, 0.05) is 29.8 Å². The molecule has 4 aromatic rings. The number of aromatic nitrogens is 2. The highest BCUT2D eigenvalue weighted by atomic mass is 32.1. The number of hydrogen-bond donors (Lipinski definition) is 2. The molecule has 0 bridgehead atoms. The summed E-state index contributed by atoms with van der Waals surface area (Å²) in [7, 11) is 0. The van der Waals surface area contributed by atoms with Crippen LogP contribution in [0.5, 0.6) is 11.6 Å². The van der Waals surface area contributed by atoms with Crippen LogP contribution in [0.15, 0.2) is 65.5 Å². The number of aliphatic hydroxyl groups is 1. The molecule has 0 saturated carbocycles. The van der Waals surface area contributed by atoms with Gasteiger partial charge in [-0.1, -0.05) is 29.7 Å². The summed E-state index contributed by atoms with van der Waals surface area (Å²) >= 11 is 1.33. The topological polar surface area (TPSA) is 84.4 Å². The van der Waals surface area contributed by atoms with Gasteiger partial charge in [0.05, 0.1) is 17.6 Å². The fraction of sp³-hybridized carbons (Fsp3) is 0.259. The van der Waals surface area contributed by atoms with Gasteiger partial charge < -0.3 is 14.6 Å². The molecular weight excluding hydrogens is 448 g/mol. The van der Waals surface area contributed by atoms with Gasteiger partial charge in [0.1, 0.15) is 12.4 Å². The second-order valence-electron chi connectivity index (χ2n) is 8.25. The average Bonchev–Trinajstić information content (AvgIpc) is 3.25. The van der Waals surface area contributed by atoms with Crippen LogP contribution in [0.3, 0.4) is 0 Å². The van der Waals surface area contributed by atoms with Crippen LogP contribution in [-0.4, -0.2) is 27.2 Å². The molecule has 0 amide bonds. The number of pyridine rings is 1. The van der Waals surface area contributed by atoms with E-state index >= 15 is 0 Å². The van der Waals surface area contributed by atoms with E-state index in [1.807, 2.05) is 49.4 Å². The molecule has 0 fully saturated rings. The predicted octanol–water partition coefficient (Wildman–Crippen LogP) is 5.51. The summed E-state index contributed by atoms with van der Waals surface area (Å²) in [6.07, 6.45) is 0.178. The summed E-state index contributed by atoms with van der Waals surface area (Å²) < 4.78 is 14.4. The van der Waals surface area contributed by atoms with Crippen LogP contribution in [0, 0.1) is 13.8 Å². The van der Waals surface area contributed by atoms with E-state index in [0.29, 0.717) is 25.5 Å². The Labute approximate surface area is 203 Å². The van der Waals surface area contributed by atoms with Crippen molar-refractivity contribution in [1.82, 2.24) is 9.36 Å². The van der Waals surface area contributed by atoms with Crippen LogP contribution in [0.2, 0.25) is 0 Å². The third-order valence-electron chi connectivity index (χ3n) is 5.64. The molecule has 2 heterocycles. The lowest BCUT2D eigenvalue weighted by Gasteiger charge is -2.15. The summed E-state index contributed by atoms with van der Waals surface area (Å²) in [5.74, 6) is 1.34. The van der Waals surface area contributed by atoms with Gasteiger partial charge in [0.15, 0.2) is 0 Å². The first-order valence-electron chi connectivity index (χ1n) is 11.2. The maximum Gasteiger partial charge on any atom is 0.258 e. The van der Waals surface area contributed by atoms with Gasteiger partial charge in [-0.25, -0.2) is 4.98 Å². The predicted molar refractivity (Wildman–Crippen MR) is 136 cm³/mol. The van der Waals surface area contributed by atoms with Crippen molar-refractivity contribution in [2.45, 2.75) is 39.9 Å². The van der Waals surface area contributed by atoms with Crippen LogP contribution < -0.4 is 15.0 Å². The highest BCUT2D eigenvalue weighted by Gasteiger charge is 2.11. The zero-order valence-electron chi connectivity index (χ0n) is 19.5. The lowest BCUT2D eigenvalue weighted by Crippen LogP contribution is -2.08. The molecule has 0 spiro atoms. The van der Waals surface area contributed by atoms with E-state index in [9.17, 15) is 9.90 Å². The molecular formula is C27H28N2O4S. The third kappa shape index (κ3) is 5.73. The van der Waals surface area contributed by atoms with E-state index in [1.165, 1.54) is 11.5 Å². The number of H-pyrrole nitrogens is 1. The minimum atomic E-state index is -0.391. The number of nitrogens with zero attached hydrogens (tertiary/aromatic N) is 1. The van der Waals surface area contributed by atoms with Crippen molar-refractivity contribution in [2.75, 3.05) is 6.61 Å². The molecule has 1 atom stereocenters. The first-order chi connectivity index (χ1) is 16.4. The first kappa shape index (κ1) is 23.7. The van der Waals surface area contributed by atoms with Gasteiger partial charge in [0.25, 0.3) is 5.56 Å². The molecule has 34 heavy (non-hydrogen) atoms. The molecule has 2 aromatic carbocycles. The molecule has 7 heteroatoms. The number of hydrogen-bond acceptors (Lipinski definition) is 6. The SMILES string of the molecule is Cc1nc(OCC[C@@H](C)O)ccc1-c1cccc(COc2ccc(-c3cc(=O)[nH]s3)cc2)c1C. The molecule has 0 aliphatic heterocycles. The molecule has 6 nitrogen and oxygen atoms in total. The smallest absolute Gasteiger partial charge is 0.258 e. The number of aliphatic hydroxyl groups excluding tert-OH is 1. The van der Waals surface area contributed by atoms with E-state index in [-0.39, 0.29) is 5.56 Å². The normalized spacial score (nSPS) is 11.9. The lowest BCUT2D eigenvalue weighted by molar-refractivity contribution is 0.154. The van der Waals surface area contributed by atoms with Crippen molar-refractivity contribution in [1.29, 1.82) is 0 Å². The van der Waals surface area contributed by atoms with Crippen molar-refractivity contribution in [2.24, 2.45) is 0 Å². The van der Waals surface area contributed by atoms with E-state index in [1.54, 1.807) is 13.0 Å². The van der Waals surface area contributed by atoms with Crippen molar-refractivity contribution in [3.8, 4) is 33.2 Å². The molecule has 2 aromatic heterocycles. The molecule has 4 rings (SSSR count). The number of aryl methyl sites for hydroxylation is 1. The maximum atomic E-state index is 11.4. The van der Waals surface area contributed by atoms with Crippen molar-refractivity contribution < 1.29 is 14.6 Å². The van der Waals surface area contributed by atoms with Gasteiger partial charge in [-0.3, -0.25) is 9.17 Å². The number of nitrogens with one attached hydrogen (secondary N) is 1. The number of aromatic amines is 1. The Bertz CT molecular complexity index is 1310. The van der Waals surface area contributed by atoms with Crippen LogP contribution >= 0.6 is 11.5 Å². The summed E-state index contributed by atoms with van der Waals surface area (Å²) in [6.45, 7) is 6.69. The van der Waals surface area contributed by atoms with E-state index in [4.69, 9.17) is 9.47 Å². The molecule has 0 aliphatic carbocycles. The Morgan fingerprint density at radius 2 is 1.82 bits per heavy atom. The monoisotopic (exact) mass is 476 g/mol. The zero-order chi connectivity index (χ0) is 24.1. The van der Waals surface area contributed by atoms with E-state index in [0.717, 1.165) is 44.1 Å². The maximum absolute atomic E-state index is 11.4. The second-order valence-corrected chi connectivity index (χ2v) is 9.10. The average molecular weight is 477 g/mol. The van der Waals surface area contributed by atoms with E-state index < -0.39 is 6.10 Å². The molecule has 0 saturated heterocycles.